The Balaban J connectivity index is 3.31. The van der Waals surface area contributed by atoms with Crippen LogP contribution in [0, 0.1) is 0 Å². The van der Waals surface area contributed by atoms with Gasteiger partial charge >= 0.3 is 23.9 Å². The van der Waals surface area contributed by atoms with Gasteiger partial charge in [0.1, 0.15) is 18.8 Å². The molecule has 0 saturated carbocycles. The molecule has 0 aromatic carbocycles. The number of ether oxygens (including phenoxy) is 5. The van der Waals surface area contributed by atoms with Gasteiger partial charge in [-0.25, -0.2) is 0 Å². The lowest BCUT2D eigenvalue weighted by Crippen LogP contribution is -2.66. The van der Waals surface area contributed by atoms with E-state index in [1.165, 1.54) is 6.92 Å². The van der Waals surface area contributed by atoms with Gasteiger partial charge < -0.3 is 29.0 Å². The maximum Gasteiger partial charge on any atom is 0.305 e. The zero-order valence-corrected chi connectivity index (χ0v) is 16.4. The van der Waals surface area contributed by atoms with Gasteiger partial charge in [-0.3, -0.25) is 24.0 Å². The lowest BCUT2D eigenvalue weighted by molar-refractivity contribution is -0.271. The minimum atomic E-state index is -1.37. The van der Waals surface area contributed by atoms with Crippen molar-refractivity contribution in [1.29, 1.82) is 0 Å². The second kappa shape index (κ2) is 10.6. The van der Waals surface area contributed by atoms with Crippen molar-refractivity contribution in [3.63, 3.8) is 0 Å². The first-order valence-corrected chi connectivity index (χ1v) is 8.65. The van der Waals surface area contributed by atoms with E-state index in [9.17, 15) is 24.0 Å². The van der Waals surface area contributed by atoms with Crippen molar-refractivity contribution < 1.29 is 47.7 Å². The molecule has 0 radical (unpaired) electrons. The Morgan fingerprint density at radius 2 is 1.36 bits per heavy atom. The molecule has 158 valence electrons. The van der Waals surface area contributed by atoms with Gasteiger partial charge in [-0.05, 0) is 0 Å². The maximum absolute atomic E-state index is 11.9. The van der Waals surface area contributed by atoms with Crippen LogP contribution in [-0.2, 0) is 47.7 Å². The molecule has 1 aliphatic heterocycles. The van der Waals surface area contributed by atoms with E-state index in [-0.39, 0.29) is 13.0 Å². The number of nitrogens with one attached hydrogen (secondary N) is 1. The van der Waals surface area contributed by atoms with Crippen LogP contribution in [-0.4, -0.2) is 67.0 Å². The first-order valence-electron chi connectivity index (χ1n) is 8.65. The van der Waals surface area contributed by atoms with Gasteiger partial charge in [-0.2, -0.15) is 0 Å². The summed E-state index contributed by atoms with van der Waals surface area (Å²) in [5.41, 5.74) is 0. The van der Waals surface area contributed by atoms with Gasteiger partial charge in [0.25, 0.3) is 0 Å². The molecule has 1 saturated heterocycles. The molecule has 11 heteroatoms. The average Bonchev–Trinajstić information content (AvgIpc) is 2.56. The molecule has 11 nitrogen and oxygen atoms in total. The van der Waals surface area contributed by atoms with Crippen LogP contribution in [0.15, 0.2) is 0 Å². The standard InChI is InChI=1S/C17H25NO10/c1-6-13(23)18-14-16(26-10(4)21)15(25-9(3)20)12(7-24-8(2)19)28-17(14)27-11(5)22/h12,14-17H,6-7H2,1-5H3,(H,18,23)/t12-,14+,15-,16-,17+/m1/s1. The second-order valence-electron chi connectivity index (χ2n) is 6.05. The smallest absolute Gasteiger partial charge is 0.305 e. The van der Waals surface area contributed by atoms with Crippen LogP contribution in [0.5, 0.6) is 0 Å². The van der Waals surface area contributed by atoms with Crippen LogP contribution in [0.1, 0.15) is 41.0 Å². The highest BCUT2D eigenvalue weighted by Gasteiger charge is 2.52. The molecule has 0 unspecified atom stereocenters. The zero-order valence-electron chi connectivity index (χ0n) is 16.4. The third kappa shape index (κ3) is 7.14. The summed E-state index contributed by atoms with van der Waals surface area (Å²) < 4.78 is 26.1. The molecule has 0 aromatic heterocycles. The van der Waals surface area contributed by atoms with Crippen LogP contribution < -0.4 is 5.32 Å². The van der Waals surface area contributed by atoms with Crippen molar-refractivity contribution in [2.75, 3.05) is 6.61 Å². The minimum absolute atomic E-state index is 0.0885. The van der Waals surface area contributed by atoms with Crippen molar-refractivity contribution >= 4 is 29.8 Å². The van der Waals surface area contributed by atoms with Crippen LogP contribution in [0.4, 0.5) is 0 Å². The summed E-state index contributed by atoms with van der Waals surface area (Å²) in [6, 6.07) is -1.15. The van der Waals surface area contributed by atoms with Gasteiger partial charge in [-0.15, -0.1) is 0 Å². The van der Waals surface area contributed by atoms with Crippen molar-refractivity contribution in [2.24, 2.45) is 0 Å². The molecule has 0 bridgehead atoms. The summed E-state index contributed by atoms with van der Waals surface area (Å²) in [6.45, 7) is 5.78. The van der Waals surface area contributed by atoms with Crippen molar-refractivity contribution in [3.8, 4) is 0 Å². The van der Waals surface area contributed by atoms with Gasteiger partial charge in [0.2, 0.25) is 12.2 Å². The predicted octanol–water partition coefficient (Wildman–Crippen LogP) is -0.404. The number of carbonyl (C=O) groups excluding carboxylic acids is 5. The van der Waals surface area contributed by atoms with Crippen LogP contribution >= 0.6 is 0 Å². The Hall–Kier alpha value is -2.69. The fraction of sp³-hybridized carbons (Fsp3) is 0.706. The van der Waals surface area contributed by atoms with E-state index in [0.717, 1.165) is 20.8 Å². The normalized spacial score (nSPS) is 26.5. The molecule has 1 N–H and O–H groups in total. The highest BCUT2D eigenvalue weighted by atomic mass is 16.7. The van der Waals surface area contributed by atoms with Crippen LogP contribution in [0.2, 0.25) is 0 Å². The van der Waals surface area contributed by atoms with Crippen molar-refractivity contribution in [2.45, 2.75) is 71.7 Å². The van der Waals surface area contributed by atoms with Gasteiger partial charge in [0.15, 0.2) is 12.2 Å². The molecular weight excluding hydrogens is 378 g/mol. The molecule has 1 aliphatic rings. The molecule has 28 heavy (non-hydrogen) atoms. The van der Waals surface area contributed by atoms with E-state index in [2.05, 4.69) is 5.32 Å². The Labute approximate surface area is 161 Å². The summed E-state index contributed by atoms with van der Waals surface area (Å²) in [6.07, 6.45) is -4.88. The summed E-state index contributed by atoms with van der Waals surface area (Å²) in [5, 5.41) is 2.55. The minimum Gasteiger partial charge on any atom is -0.463 e. The van der Waals surface area contributed by atoms with Crippen molar-refractivity contribution in [3.05, 3.63) is 0 Å². The van der Waals surface area contributed by atoms with E-state index in [1.807, 2.05) is 0 Å². The molecule has 0 aliphatic carbocycles. The average molecular weight is 403 g/mol. The zero-order chi connectivity index (χ0) is 21.4. The number of esters is 4. The first kappa shape index (κ1) is 23.3. The summed E-state index contributed by atoms with van der Waals surface area (Å²) >= 11 is 0. The van der Waals surface area contributed by atoms with Gasteiger partial charge in [0.05, 0.1) is 0 Å². The number of amides is 1. The Morgan fingerprint density at radius 3 is 1.82 bits per heavy atom. The largest absolute Gasteiger partial charge is 0.463 e. The topological polar surface area (TPSA) is 144 Å². The molecule has 0 spiro atoms. The fourth-order valence-electron chi connectivity index (χ4n) is 2.61. The van der Waals surface area contributed by atoms with Crippen LogP contribution in [0.3, 0.4) is 0 Å². The summed E-state index contributed by atoms with van der Waals surface area (Å²) in [7, 11) is 0. The van der Waals surface area contributed by atoms with Gasteiger partial charge in [-0.1, -0.05) is 6.92 Å². The third-order valence-electron chi connectivity index (χ3n) is 3.63. The fourth-order valence-corrected chi connectivity index (χ4v) is 2.61. The Kier molecular flexibility index (Phi) is 8.83. The second-order valence-corrected chi connectivity index (χ2v) is 6.05. The first-order chi connectivity index (χ1) is 13.0. The molecule has 5 atom stereocenters. The van der Waals surface area contributed by atoms with E-state index in [0.29, 0.717) is 0 Å². The van der Waals surface area contributed by atoms with E-state index in [1.54, 1.807) is 6.92 Å². The summed E-state index contributed by atoms with van der Waals surface area (Å²) in [5.74, 6) is -3.24. The molecule has 1 heterocycles. The SMILES string of the molecule is CCC(=O)N[C@@H]1[C@@H](OC(C)=O)O[C@H](COC(C)=O)[C@@H](OC(C)=O)[C@@H]1OC(C)=O. The van der Waals surface area contributed by atoms with Gasteiger partial charge in [0, 0.05) is 34.1 Å². The molecule has 1 amide bonds. The molecule has 1 rings (SSSR count). The quantitative estimate of drug-likeness (QED) is 0.440. The Morgan fingerprint density at radius 1 is 0.821 bits per heavy atom. The third-order valence-corrected chi connectivity index (χ3v) is 3.63. The summed E-state index contributed by atoms with van der Waals surface area (Å²) in [4.78, 5) is 57.8. The Bertz CT molecular complexity index is 619. The maximum atomic E-state index is 11.9. The molecule has 1 fully saturated rings. The highest BCUT2D eigenvalue weighted by Crippen LogP contribution is 2.28. The monoisotopic (exact) mass is 403 g/mol. The van der Waals surface area contributed by atoms with E-state index >= 15 is 0 Å². The number of rotatable bonds is 7. The highest BCUT2D eigenvalue weighted by molar-refractivity contribution is 5.76. The van der Waals surface area contributed by atoms with Crippen LogP contribution in [0.25, 0.3) is 0 Å². The number of carbonyl (C=O) groups is 5. The lowest BCUT2D eigenvalue weighted by atomic mass is 9.96. The molecular formula is C17H25NO10. The predicted molar refractivity (Wildman–Crippen MR) is 90.4 cm³/mol. The van der Waals surface area contributed by atoms with E-state index in [4.69, 9.17) is 23.7 Å². The number of hydrogen-bond donors (Lipinski definition) is 1. The van der Waals surface area contributed by atoms with Crippen molar-refractivity contribution in [1.82, 2.24) is 5.32 Å². The number of hydrogen-bond acceptors (Lipinski definition) is 10. The molecule has 0 aromatic rings. The lowest BCUT2D eigenvalue weighted by Gasteiger charge is -2.44. The van der Waals surface area contributed by atoms with E-state index < -0.39 is 60.4 Å².